The van der Waals surface area contributed by atoms with Crippen LogP contribution in [-0.4, -0.2) is 12.5 Å². The van der Waals surface area contributed by atoms with Crippen LogP contribution in [0.4, 0.5) is 0 Å². The Morgan fingerprint density at radius 2 is 2.24 bits per heavy atom. The van der Waals surface area contributed by atoms with E-state index >= 15 is 0 Å². The summed E-state index contributed by atoms with van der Waals surface area (Å²) in [5, 5.41) is 3.37. The molecular formula is C13H16ClNOS. The molecule has 0 heterocycles. The molecule has 1 aromatic carbocycles. The molecule has 4 heteroatoms. The van der Waals surface area contributed by atoms with E-state index in [1.165, 1.54) is 19.3 Å². The van der Waals surface area contributed by atoms with E-state index in [1.807, 2.05) is 0 Å². The molecule has 0 unspecified atom stereocenters. The van der Waals surface area contributed by atoms with Crippen LogP contribution in [-0.2, 0) is 0 Å². The largest absolute Gasteiger partial charge is 0.352 e. The van der Waals surface area contributed by atoms with Gasteiger partial charge in [-0.25, -0.2) is 0 Å². The van der Waals surface area contributed by atoms with Crippen LogP contribution in [0.2, 0.25) is 5.02 Å². The molecule has 1 fully saturated rings. The van der Waals surface area contributed by atoms with E-state index in [0.29, 0.717) is 10.6 Å². The fourth-order valence-corrected chi connectivity index (χ4v) is 2.19. The Bertz CT molecular complexity index is 418. The van der Waals surface area contributed by atoms with Gasteiger partial charge >= 0.3 is 0 Å². The van der Waals surface area contributed by atoms with Gasteiger partial charge in [0.05, 0.1) is 10.6 Å². The highest BCUT2D eigenvalue weighted by Gasteiger charge is 2.20. The Balaban J connectivity index is 1.82. The van der Waals surface area contributed by atoms with Crippen molar-refractivity contribution >= 4 is 30.1 Å². The highest BCUT2D eigenvalue weighted by atomic mass is 35.5. The molecule has 2 rings (SSSR count). The Hall–Kier alpha value is -0.670. The summed E-state index contributed by atoms with van der Waals surface area (Å²) in [7, 11) is 0. The summed E-state index contributed by atoms with van der Waals surface area (Å²) < 4.78 is 0. The molecule has 0 aliphatic heterocycles. The van der Waals surface area contributed by atoms with E-state index in [4.69, 9.17) is 11.6 Å². The Kier molecular flexibility index (Phi) is 4.35. The lowest BCUT2D eigenvalue weighted by Crippen LogP contribution is -2.24. The van der Waals surface area contributed by atoms with Crippen LogP contribution >= 0.6 is 24.2 Å². The fraction of sp³-hybridized carbons (Fsp3) is 0.462. The molecule has 17 heavy (non-hydrogen) atoms. The summed E-state index contributed by atoms with van der Waals surface area (Å²) in [6.45, 7) is 0.725. The second-order valence-corrected chi connectivity index (χ2v) is 5.43. The first kappa shape index (κ1) is 12.8. The van der Waals surface area contributed by atoms with Crippen molar-refractivity contribution in [1.82, 2.24) is 5.32 Å². The molecule has 1 aliphatic rings. The van der Waals surface area contributed by atoms with E-state index in [1.54, 1.807) is 18.2 Å². The SMILES string of the molecule is O=C(NCCCC1CC1)c1cc(S)ccc1Cl. The van der Waals surface area contributed by atoms with E-state index in [9.17, 15) is 4.79 Å². The minimum absolute atomic E-state index is 0.110. The lowest BCUT2D eigenvalue weighted by molar-refractivity contribution is 0.0952. The third kappa shape index (κ3) is 3.93. The van der Waals surface area contributed by atoms with Crippen molar-refractivity contribution in [2.24, 2.45) is 5.92 Å². The molecule has 0 bridgehead atoms. The maximum Gasteiger partial charge on any atom is 0.252 e. The highest BCUT2D eigenvalue weighted by Crippen LogP contribution is 2.33. The average molecular weight is 270 g/mol. The minimum atomic E-state index is -0.110. The molecule has 1 aromatic rings. The van der Waals surface area contributed by atoms with Crippen molar-refractivity contribution in [1.29, 1.82) is 0 Å². The van der Waals surface area contributed by atoms with Gasteiger partial charge < -0.3 is 5.32 Å². The molecule has 92 valence electrons. The topological polar surface area (TPSA) is 29.1 Å². The maximum atomic E-state index is 11.8. The summed E-state index contributed by atoms with van der Waals surface area (Å²) in [6.07, 6.45) is 5.00. The first-order valence-corrected chi connectivity index (χ1v) is 6.76. The lowest BCUT2D eigenvalue weighted by atomic mass is 10.2. The van der Waals surface area contributed by atoms with Crippen LogP contribution in [0.25, 0.3) is 0 Å². The number of rotatable bonds is 5. The summed E-state index contributed by atoms with van der Waals surface area (Å²) in [6, 6.07) is 5.17. The van der Waals surface area contributed by atoms with Gasteiger partial charge in [-0.1, -0.05) is 24.4 Å². The molecule has 0 radical (unpaired) electrons. The van der Waals surface area contributed by atoms with Crippen molar-refractivity contribution in [3.8, 4) is 0 Å². The van der Waals surface area contributed by atoms with Gasteiger partial charge in [-0.15, -0.1) is 12.6 Å². The van der Waals surface area contributed by atoms with Gasteiger partial charge in [0.25, 0.3) is 5.91 Å². The molecule has 1 aliphatic carbocycles. The van der Waals surface area contributed by atoms with Gasteiger partial charge in [-0.05, 0) is 37.0 Å². The molecule has 1 amide bonds. The van der Waals surface area contributed by atoms with E-state index in [0.717, 1.165) is 23.8 Å². The van der Waals surface area contributed by atoms with Gasteiger partial charge in [0.15, 0.2) is 0 Å². The van der Waals surface area contributed by atoms with Crippen molar-refractivity contribution in [3.05, 3.63) is 28.8 Å². The van der Waals surface area contributed by atoms with Gasteiger partial charge in [-0.2, -0.15) is 0 Å². The van der Waals surface area contributed by atoms with Crippen LogP contribution in [0, 0.1) is 5.92 Å². The van der Waals surface area contributed by atoms with Crippen molar-refractivity contribution in [2.75, 3.05) is 6.54 Å². The number of carbonyl (C=O) groups excluding carboxylic acids is 1. The lowest BCUT2D eigenvalue weighted by Gasteiger charge is -2.07. The quantitative estimate of drug-likeness (QED) is 0.621. The normalized spacial score (nSPS) is 14.7. The Labute approximate surface area is 112 Å². The summed E-state index contributed by atoms with van der Waals surface area (Å²) >= 11 is 10.2. The zero-order valence-corrected chi connectivity index (χ0v) is 11.2. The summed E-state index contributed by atoms with van der Waals surface area (Å²) in [5.41, 5.74) is 0.505. The third-order valence-corrected chi connectivity index (χ3v) is 3.57. The Morgan fingerprint density at radius 1 is 1.47 bits per heavy atom. The van der Waals surface area contributed by atoms with E-state index < -0.39 is 0 Å². The van der Waals surface area contributed by atoms with E-state index in [-0.39, 0.29) is 5.91 Å². The standard InChI is InChI=1S/C13H16ClNOS/c14-12-6-5-10(17)8-11(12)13(16)15-7-1-2-9-3-4-9/h5-6,8-9,17H,1-4,7H2,(H,15,16). The monoisotopic (exact) mass is 269 g/mol. The van der Waals surface area contributed by atoms with Crippen LogP contribution in [0.1, 0.15) is 36.0 Å². The second kappa shape index (κ2) is 5.78. The zero-order chi connectivity index (χ0) is 12.3. The fourth-order valence-electron chi connectivity index (χ4n) is 1.78. The maximum absolute atomic E-state index is 11.8. The number of nitrogens with one attached hydrogen (secondary N) is 1. The van der Waals surface area contributed by atoms with Crippen molar-refractivity contribution in [2.45, 2.75) is 30.6 Å². The molecule has 0 aromatic heterocycles. The Morgan fingerprint density at radius 3 is 2.94 bits per heavy atom. The number of amides is 1. The highest BCUT2D eigenvalue weighted by molar-refractivity contribution is 7.80. The number of hydrogen-bond acceptors (Lipinski definition) is 2. The van der Waals surface area contributed by atoms with Gasteiger partial charge in [0.1, 0.15) is 0 Å². The van der Waals surface area contributed by atoms with Crippen LogP contribution in [0.15, 0.2) is 23.1 Å². The smallest absolute Gasteiger partial charge is 0.252 e. The predicted molar refractivity (Wildman–Crippen MR) is 73.0 cm³/mol. The molecular weight excluding hydrogens is 254 g/mol. The predicted octanol–water partition coefficient (Wildman–Crippen LogP) is 3.55. The number of thiol groups is 1. The first-order valence-electron chi connectivity index (χ1n) is 5.93. The second-order valence-electron chi connectivity index (χ2n) is 4.51. The van der Waals surface area contributed by atoms with E-state index in [2.05, 4.69) is 17.9 Å². The molecule has 0 spiro atoms. The van der Waals surface area contributed by atoms with Crippen molar-refractivity contribution < 1.29 is 4.79 Å². The average Bonchev–Trinajstić information content (AvgIpc) is 3.11. The minimum Gasteiger partial charge on any atom is -0.352 e. The van der Waals surface area contributed by atoms with Gasteiger partial charge in [0.2, 0.25) is 0 Å². The van der Waals surface area contributed by atoms with Crippen LogP contribution < -0.4 is 5.32 Å². The number of carbonyl (C=O) groups is 1. The molecule has 0 saturated heterocycles. The van der Waals surface area contributed by atoms with Crippen LogP contribution in [0.5, 0.6) is 0 Å². The first-order chi connectivity index (χ1) is 8.16. The number of benzene rings is 1. The molecule has 2 nitrogen and oxygen atoms in total. The molecule has 0 atom stereocenters. The van der Waals surface area contributed by atoms with Crippen LogP contribution in [0.3, 0.4) is 0 Å². The van der Waals surface area contributed by atoms with Crippen molar-refractivity contribution in [3.63, 3.8) is 0 Å². The third-order valence-electron chi connectivity index (χ3n) is 2.97. The molecule has 1 saturated carbocycles. The summed E-state index contributed by atoms with van der Waals surface area (Å²) in [5.74, 6) is 0.804. The zero-order valence-electron chi connectivity index (χ0n) is 9.58. The number of hydrogen-bond donors (Lipinski definition) is 2. The molecule has 1 N–H and O–H groups in total. The number of halogens is 1. The van der Waals surface area contributed by atoms with Gasteiger partial charge in [0, 0.05) is 11.4 Å². The van der Waals surface area contributed by atoms with Gasteiger partial charge in [-0.3, -0.25) is 4.79 Å². The summed E-state index contributed by atoms with van der Waals surface area (Å²) in [4.78, 5) is 12.6.